The minimum Gasteiger partial charge on any atom is -0.463 e. The molecule has 0 bridgehead atoms. The van der Waals surface area contributed by atoms with E-state index in [0.29, 0.717) is 11.4 Å². The fourth-order valence-corrected chi connectivity index (χ4v) is 3.03. The van der Waals surface area contributed by atoms with Gasteiger partial charge in [-0.3, -0.25) is 19.2 Å². The first kappa shape index (κ1) is 27.3. The summed E-state index contributed by atoms with van der Waals surface area (Å²) >= 11 is 0. The number of nitrogens with two attached hydrogens (primary N) is 1. The summed E-state index contributed by atoms with van der Waals surface area (Å²) in [6.07, 6.45) is -10.1. The summed E-state index contributed by atoms with van der Waals surface area (Å²) in [6, 6.07) is 6.22. The van der Waals surface area contributed by atoms with Gasteiger partial charge in [0.2, 0.25) is 18.4 Å². The molecule has 35 heavy (non-hydrogen) atoms. The van der Waals surface area contributed by atoms with E-state index in [1.165, 1.54) is 0 Å². The molecule has 1 aromatic rings. The highest BCUT2D eigenvalue weighted by Gasteiger charge is 2.52. The van der Waals surface area contributed by atoms with Gasteiger partial charge in [-0.25, -0.2) is 9.18 Å². The average Bonchev–Trinajstić information content (AvgIpc) is 2.76. The lowest BCUT2D eigenvalue weighted by Crippen LogP contribution is -2.61. The molecule has 5 atom stereocenters. The first-order valence-electron chi connectivity index (χ1n) is 10.3. The number of alkyl halides is 1. The minimum absolute atomic E-state index is 0.424. The summed E-state index contributed by atoms with van der Waals surface area (Å²) in [5.74, 6) is -3.09. The fraction of sp³-hybridized carbons (Fsp3) is 0.476. The van der Waals surface area contributed by atoms with Crippen molar-refractivity contribution in [2.45, 2.75) is 51.5 Å². The second kappa shape index (κ2) is 12.5. The van der Waals surface area contributed by atoms with Gasteiger partial charge in [-0.2, -0.15) is 0 Å². The van der Waals surface area contributed by atoms with Crippen molar-refractivity contribution in [2.24, 2.45) is 0 Å². The van der Waals surface area contributed by atoms with Gasteiger partial charge in [-0.05, 0) is 24.3 Å². The molecular formula is C21H26FN3O10. The molecule has 0 saturated carbocycles. The van der Waals surface area contributed by atoms with Gasteiger partial charge in [0.1, 0.15) is 19.3 Å². The van der Waals surface area contributed by atoms with Gasteiger partial charge in [0.05, 0.1) is 0 Å². The van der Waals surface area contributed by atoms with Crippen molar-refractivity contribution in [3.8, 4) is 0 Å². The van der Waals surface area contributed by atoms with Gasteiger partial charge >= 0.3 is 24.0 Å². The Labute approximate surface area is 199 Å². The molecule has 1 aromatic carbocycles. The predicted molar refractivity (Wildman–Crippen MR) is 115 cm³/mol. The molecule has 1 fully saturated rings. The molecular weight excluding hydrogens is 473 g/mol. The van der Waals surface area contributed by atoms with Crippen molar-refractivity contribution in [3.05, 3.63) is 24.3 Å². The van der Waals surface area contributed by atoms with Crippen LogP contribution in [0.2, 0.25) is 0 Å². The van der Waals surface area contributed by atoms with E-state index in [4.69, 9.17) is 29.4 Å². The predicted octanol–water partition coefficient (Wildman–Crippen LogP) is 0.423. The molecule has 0 unspecified atom stereocenters. The summed E-state index contributed by atoms with van der Waals surface area (Å²) < 4.78 is 40.2. The highest BCUT2D eigenvalue weighted by atomic mass is 19.1. The molecule has 1 heterocycles. The van der Waals surface area contributed by atoms with Gasteiger partial charge in [0.25, 0.3) is 0 Å². The fourth-order valence-electron chi connectivity index (χ4n) is 3.03. The number of esters is 3. The van der Waals surface area contributed by atoms with Crippen LogP contribution < -0.4 is 16.4 Å². The molecule has 4 N–H and O–H groups in total. The number of alkyl carbamates (subject to hydrolysis) is 1. The number of anilines is 2. The van der Waals surface area contributed by atoms with Gasteiger partial charge in [0.15, 0.2) is 12.2 Å². The van der Waals surface area contributed by atoms with Crippen LogP contribution in [0.4, 0.5) is 20.6 Å². The number of ether oxygens (including phenoxy) is 5. The zero-order chi connectivity index (χ0) is 26.1. The number of amides is 2. The van der Waals surface area contributed by atoms with Crippen molar-refractivity contribution in [3.63, 3.8) is 0 Å². The zero-order valence-electron chi connectivity index (χ0n) is 19.1. The lowest BCUT2D eigenvalue weighted by Gasteiger charge is -2.41. The van der Waals surface area contributed by atoms with Crippen LogP contribution >= 0.6 is 0 Å². The Morgan fingerprint density at radius 2 is 1.54 bits per heavy atom. The minimum atomic E-state index is -2.29. The van der Waals surface area contributed by atoms with Crippen LogP contribution in [0.3, 0.4) is 0 Å². The monoisotopic (exact) mass is 499 g/mol. The Bertz CT molecular complexity index is 942. The van der Waals surface area contributed by atoms with Crippen LogP contribution in [0.25, 0.3) is 0 Å². The number of carbonyl (C=O) groups excluding carboxylic acids is 5. The highest BCUT2D eigenvalue weighted by molar-refractivity contribution is 5.93. The second-order valence-electron chi connectivity index (χ2n) is 7.37. The number of hydrogen-bond donors (Lipinski definition) is 3. The Hall–Kier alpha value is -3.94. The second-order valence-corrected chi connectivity index (χ2v) is 7.37. The van der Waals surface area contributed by atoms with Crippen LogP contribution in [0.5, 0.6) is 0 Å². The SMILES string of the molecule is CC(=O)OC[C@H]1O[C@@H](OC(=O)NCC(=O)Nc2ccc(N)cc2)[C@@H](F)[C@@H](OC(C)=O)[C@@H]1OC(C)=O. The number of benzene rings is 1. The number of nitrogens with one attached hydrogen (secondary N) is 2. The van der Waals surface area contributed by atoms with Crippen molar-refractivity contribution >= 4 is 41.3 Å². The summed E-state index contributed by atoms with van der Waals surface area (Å²) in [6.45, 7) is 2.07. The van der Waals surface area contributed by atoms with E-state index in [1.54, 1.807) is 24.3 Å². The Balaban J connectivity index is 2.04. The average molecular weight is 499 g/mol. The van der Waals surface area contributed by atoms with Crippen molar-refractivity contribution in [2.75, 3.05) is 24.2 Å². The number of nitrogen functional groups attached to an aromatic ring is 1. The lowest BCUT2D eigenvalue weighted by molar-refractivity contribution is -0.278. The Morgan fingerprint density at radius 3 is 2.11 bits per heavy atom. The van der Waals surface area contributed by atoms with E-state index in [-0.39, 0.29) is 0 Å². The van der Waals surface area contributed by atoms with E-state index in [1.807, 2.05) is 0 Å². The maximum absolute atomic E-state index is 15.1. The topological polar surface area (TPSA) is 182 Å². The third kappa shape index (κ3) is 8.73. The normalized spacial score (nSPS) is 23.4. The summed E-state index contributed by atoms with van der Waals surface area (Å²) in [5.41, 5.74) is 6.48. The van der Waals surface area contributed by atoms with E-state index in [2.05, 4.69) is 10.6 Å². The van der Waals surface area contributed by atoms with Crippen molar-refractivity contribution in [1.82, 2.24) is 5.32 Å². The molecule has 2 amide bonds. The number of halogens is 1. The van der Waals surface area contributed by atoms with Crippen LogP contribution in [0.1, 0.15) is 20.8 Å². The summed E-state index contributed by atoms with van der Waals surface area (Å²) in [5, 5.41) is 4.62. The van der Waals surface area contributed by atoms with E-state index in [9.17, 15) is 24.0 Å². The third-order valence-electron chi connectivity index (χ3n) is 4.44. The zero-order valence-corrected chi connectivity index (χ0v) is 19.1. The van der Waals surface area contributed by atoms with Crippen LogP contribution in [-0.2, 0) is 42.9 Å². The van der Waals surface area contributed by atoms with Crippen molar-refractivity contribution in [1.29, 1.82) is 0 Å². The molecule has 14 heteroatoms. The molecule has 1 aliphatic heterocycles. The molecule has 13 nitrogen and oxygen atoms in total. The maximum Gasteiger partial charge on any atom is 0.410 e. The Kier molecular flexibility index (Phi) is 9.75. The van der Waals surface area contributed by atoms with E-state index >= 15 is 4.39 Å². The third-order valence-corrected chi connectivity index (χ3v) is 4.44. The maximum atomic E-state index is 15.1. The summed E-state index contributed by atoms with van der Waals surface area (Å²) in [4.78, 5) is 58.4. The van der Waals surface area contributed by atoms with Gasteiger partial charge in [-0.1, -0.05) is 0 Å². The molecule has 0 spiro atoms. The van der Waals surface area contributed by atoms with Crippen molar-refractivity contribution < 1.29 is 52.0 Å². The molecule has 0 aromatic heterocycles. The molecule has 192 valence electrons. The molecule has 1 aliphatic rings. The molecule has 0 radical (unpaired) electrons. The van der Waals surface area contributed by atoms with E-state index < -0.39 is 73.8 Å². The van der Waals surface area contributed by atoms with Crippen LogP contribution in [0, 0.1) is 0 Å². The molecule has 0 aliphatic carbocycles. The summed E-state index contributed by atoms with van der Waals surface area (Å²) in [7, 11) is 0. The van der Waals surface area contributed by atoms with Gasteiger partial charge in [-0.15, -0.1) is 0 Å². The molecule has 1 saturated heterocycles. The van der Waals surface area contributed by atoms with Crippen LogP contribution in [0.15, 0.2) is 24.3 Å². The first-order chi connectivity index (χ1) is 16.5. The Morgan fingerprint density at radius 1 is 0.943 bits per heavy atom. The lowest BCUT2D eigenvalue weighted by atomic mass is 9.99. The highest BCUT2D eigenvalue weighted by Crippen LogP contribution is 2.29. The van der Waals surface area contributed by atoms with Gasteiger partial charge in [0, 0.05) is 32.1 Å². The van der Waals surface area contributed by atoms with E-state index in [0.717, 1.165) is 20.8 Å². The first-order valence-corrected chi connectivity index (χ1v) is 10.3. The quantitative estimate of drug-likeness (QED) is 0.256. The number of carbonyl (C=O) groups is 5. The smallest absolute Gasteiger partial charge is 0.410 e. The number of hydrogen-bond acceptors (Lipinski definition) is 11. The number of rotatable bonds is 8. The standard InChI is InChI=1S/C21H26FN3O10/c1-10(26)31-9-15-18(32-11(2)27)19(33-12(3)28)17(22)20(34-15)35-21(30)24-8-16(29)25-14-6-4-13(23)5-7-14/h4-7,15,17-20H,8-9,23H2,1-3H3,(H,24,30)(H,25,29)/t15-,17+,18-,19-,20+/m1/s1. The van der Waals surface area contributed by atoms with Crippen LogP contribution in [-0.4, -0.2) is 73.8 Å². The van der Waals surface area contributed by atoms with Gasteiger partial charge < -0.3 is 40.1 Å². The largest absolute Gasteiger partial charge is 0.463 e. The molecule has 2 rings (SSSR count).